The van der Waals surface area contributed by atoms with Gasteiger partial charge >= 0.3 is 0 Å². The number of hydrogen-bond acceptors (Lipinski definition) is 3. The van der Waals surface area contributed by atoms with E-state index < -0.39 is 0 Å². The third-order valence-corrected chi connectivity index (χ3v) is 3.72. The predicted molar refractivity (Wildman–Crippen MR) is 61.7 cm³/mol. The molecule has 2 heterocycles. The first-order valence-corrected chi connectivity index (χ1v) is 6.20. The second kappa shape index (κ2) is 4.43. The molecule has 0 radical (unpaired) electrons. The third kappa shape index (κ3) is 2.35. The first-order valence-electron chi connectivity index (χ1n) is 5.26. The van der Waals surface area contributed by atoms with Crippen LogP contribution in [0, 0.1) is 0 Å². The van der Waals surface area contributed by atoms with Crippen LogP contribution >= 0.6 is 11.3 Å². The van der Waals surface area contributed by atoms with Gasteiger partial charge in [-0.25, -0.2) is 0 Å². The Labute approximate surface area is 89.7 Å². The van der Waals surface area contributed by atoms with E-state index in [0.29, 0.717) is 12.1 Å². The topological polar surface area (TPSA) is 29.3 Å². The minimum Gasteiger partial charge on any atom is -0.326 e. The van der Waals surface area contributed by atoms with Gasteiger partial charge in [-0.3, -0.25) is 4.90 Å². The first-order chi connectivity index (χ1) is 6.75. The van der Waals surface area contributed by atoms with Crippen LogP contribution < -0.4 is 5.73 Å². The molecule has 3 heteroatoms. The molecule has 2 rings (SSSR count). The quantitative estimate of drug-likeness (QED) is 0.823. The summed E-state index contributed by atoms with van der Waals surface area (Å²) in [5.41, 5.74) is 7.36. The van der Waals surface area contributed by atoms with E-state index in [1.165, 1.54) is 12.1 Å². The summed E-state index contributed by atoms with van der Waals surface area (Å²) < 4.78 is 0. The van der Waals surface area contributed by atoms with Crippen molar-refractivity contribution < 1.29 is 0 Å². The second-order valence-electron chi connectivity index (χ2n) is 4.23. The Bertz CT molecular complexity index is 271. The van der Waals surface area contributed by atoms with E-state index in [-0.39, 0.29) is 0 Å². The maximum atomic E-state index is 5.90. The van der Waals surface area contributed by atoms with Crippen LogP contribution in [-0.4, -0.2) is 30.1 Å². The summed E-state index contributed by atoms with van der Waals surface area (Å²) in [5, 5.41) is 4.39. The molecule has 1 aliphatic heterocycles. The van der Waals surface area contributed by atoms with Gasteiger partial charge in [0.25, 0.3) is 0 Å². The Morgan fingerprint density at radius 3 is 3.14 bits per heavy atom. The molecule has 0 saturated carbocycles. The van der Waals surface area contributed by atoms with Crippen molar-refractivity contribution in [2.75, 3.05) is 13.1 Å². The van der Waals surface area contributed by atoms with Crippen molar-refractivity contribution in [2.24, 2.45) is 5.73 Å². The van der Waals surface area contributed by atoms with Crippen LogP contribution in [0.5, 0.6) is 0 Å². The first kappa shape index (κ1) is 10.1. The molecule has 2 nitrogen and oxygen atoms in total. The summed E-state index contributed by atoms with van der Waals surface area (Å²) >= 11 is 1.78. The van der Waals surface area contributed by atoms with Gasteiger partial charge in [0.05, 0.1) is 0 Å². The van der Waals surface area contributed by atoms with Crippen molar-refractivity contribution in [3.05, 3.63) is 22.4 Å². The van der Waals surface area contributed by atoms with Crippen LogP contribution in [0.1, 0.15) is 18.9 Å². The molecular formula is C11H18N2S. The van der Waals surface area contributed by atoms with Crippen molar-refractivity contribution in [1.82, 2.24) is 4.90 Å². The van der Waals surface area contributed by atoms with Crippen LogP contribution in [0.4, 0.5) is 0 Å². The van der Waals surface area contributed by atoms with Gasteiger partial charge in [-0.15, -0.1) is 0 Å². The molecule has 1 aromatic heterocycles. The van der Waals surface area contributed by atoms with Crippen molar-refractivity contribution in [3.63, 3.8) is 0 Å². The monoisotopic (exact) mass is 210 g/mol. The molecule has 1 aliphatic rings. The van der Waals surface area contributed by atoms with Gasteiger partial charge in [0.1, 0.15) is 0 Å². The molecule has 0 spiro atoms. The van der Waals surface area contributed by atoms with Gasteiger partial charge < -0.3 is 5.73 Å². The average Bonchev–Trinajstić information content (AvgIpc) is 2.75. The SMILES string of the molecule is CC(Cc1ccsc1)N1CCC(N)C1. The zero-order chi connectivity index (χ0) is 9.97. The highest BCUT2D eigenvalue weighted by atomic mass is 32.1. The lowest BCUT2D eigenvalue weighted by Crippen LogP contribution is -2.34. The van der Waals surface area contributed by atoms with Crippen molar-refractivity contribution >= 4 is 11.3 Å². The molecule has 0 bridgehead atoms. The van der Waals surface area contributed by atoms with Gasteiger partial charge in [-0.2, -0.15) is 11.3 Å². The number of hydrogen-bond donors (Lipinski definition) is 1. The van der Waals surface area contributed by atoms with Crippen molar-refractivity contribution in [2.45, 2.75) is 31.8 Å². The highest BCUT2D eigenvalue weighted by molar-refractivity contribution is 7.07. The summed E-state index contributed by atoms with van der Waals surface area (Å²) in [6.45, 7) is 4.55. The lowest BCUT2D eigenvalue weighted by molar-refractivity contribution is 0.254. The Hall–Kier alpha value is -0.380. The Balaban J connectivity index is 1.87. The van der Waals surface area contributed by atoms with Gasteiger partial charge in [-0.05, 0) is 42.2 Å². The van der Waals surface area contributed by atoms with E-state index in [9.17, 15) is 0 Å². The van der Waals surface area contributed by atoms with Gasteiger partial charge in [0.15, 0.2) is 0 Å². The van der Waals surface area contributed by atoms with Crippen LogP contribution in [0.3, 0.4) is 0 Å². The van der Waals surface area contributed by atoms with E-state index in [1.807, 2.05) is 0 Å². The number of rotatable bonds is 3. The van der Waals surface area contributed by atoms with Crippen molar-refractivity contribution in [3.8, 4) is 0 Å². The van der Waals surface area contributed by atoms with E-state index in [2.05, 4.69) is 28.7 Å². The Morgan fingerprint density at radius 2 is 2.57 bits per heavy atom. The molecule has 1 fully saturated rings. The third-order valence-electron chi connectivity index (χ3n) is 2.99. The fourth-order valence-corrected chi connectivity index (χ4v) is 2.78. The molecule has 0 amide bonds. The summed E-state index contributed by atoms with van der Waals surface area (Å²) in [4.78, 5) is 2.50. The van der Waals surface area contributed by atoms with Gasteiger partial charge in [0, 0.05) is 25.2 Å². The Kier molecular flexibility index (Phi) is 3.21. The van der Waals surface area contributed by atoms with Crippen LogP contribution in [0.25, 0.3) is 0 Å². The standard InChI is InChI=1S/C11H18N2S/c1-9(6-10-3-5-14-8-10)13-4-2-11(12)7-13/h3,5,8-9,11H,2,4,6-7,12H2,1H3. The zero-order valence-corrected chi connectivity index (χ0v) is 9.46. The van der Waals surface area contributed by atoms with E-state index in [4.69, 9.17) is 5.73 Å². The highest BCUT2D eigenvalue weighted by Crippen LogP contribution is 2.16. The lowest BCUT2D eigenvalue weighted by atomic mass is 10.1. The molecule has 14 heavy (non-hydrogen) atoms. The van der Waals surface area contributed by atoms with Crippen LogP contribution in [0.2, 0.25) is 0 Å². The van der Waals surface area contributed by atoms with Gasteiger partial charge in [-0.1, -0.05) is 0 Å². The highest BCUT2D eigenvalue weighted by Gasteiger charge is 2.23. The van der Waals surface area contributed by atoms with Gasteiger partial charge in [0.2, 0.25) is 0 Å². The minimum absolute atomic E-state index is 0.403. The molecular weight excluding hydrogens is 192 g/mol. The fraction of sp³-hybridized carbons (Fsp3) is 0.636. The second-order valence-corrected chi connectivity index (χ2v) is 5.01. The van der Waals surface area contributed by atoms with E-state index >= 15 is 0 Å². The number of nitrogens with zero attached hydrogens (tertiary/aromatic N) is 1. The molecule has 78 valence electrons. The molecule has 1 aromatic rings. The summed E-state index contributed by atoms with van der Waals surface area (Å²) in [5.74, 6) is 0. The normalized spacial score (nSPS) is 25.4. The largest absolute Gasteiger partial charge is 0.326 e. The zero-order valence-electron chi connectivity index (χ0n) is 8.65. The number of nitrogens with two attached hydrogens (primary N) is 1. The van der Waals surface area contributed by atoms with E-state index in [1.54, 1.807) is 11.3 Å². The molecule has 2 atom stereocenters. The molecule has 1 saturated heterocycles. The van der Waals surface area contributed by atoms with Crippen LogP contribution in [0.15, 0.2) is 16.8 Å². The molecule has 0 aliphatic carbocycles. The smallest absolute Gasteiger partial charge is 0.0180 e. The number of likely N-dealkylation sites (tertiary alicyclic amines) is 1. The average molecular weight is 210 g/mol. The maximum absolute atomic E-state index is 5.90. The van der Waals surface area contributed by atoms with E-state index in [0.717, 1.165) is 19.4 Å². The fourth-order valence-electron chi connectivity index (χ4n) is 2.09. The number of thiophene rings is 1. The molecule has 0 aromatic carbocycles. The lowest BCUT2D eigenvalue weighted by Gasteiger charge is -2.23. The minimum atomic E-state index is 0.403. The Morgan fingerprint density at radius 1 is 1.71 bits per heavy atom. The summed E-state index contributed by atoms with van der Waals surface area (Å²) in [6.07, 6.45) is 2.32. The van der Waals surface area contributed by atoms with Crippen molar-refractivity contribution in [1.29, 1.82) is 0 Å². The summed E-state index contributed by atoms with van der Waals surface area (Å²) in [6, 6.07) is 3.26. The summed E-state index contributed by atoms with van der Waals surface area (Å²) in [7, 11) is 0. The predicted octanol–water partition coefficient (Wildman–Crippen LogP) is 1.71. The maximum Gasteiger partial charge on any atom is 0.0180 e. The molecule has 2 unspecified atom stereocenters. The molecule has 2 N–H and O–H groups in total. The van der Waals surface area contributed by atoms with Crippen LogP contribution in [-0.2, 0) is 6.42 Å².